The molecule has 0 unspecified atom stereocenters. The van der Waals surface area contributed by atoms with Crippen LogP contribution >= 0.6 is 0 Å². The Labute approximate surface area is 123 Å². The van der Waals surface area contributed by atoms with Crippen molar-refractivity contribution < 1.29 is 8.42 Å². The van der Waals surface area contributed by atoms with Crippen LogP contribution in [0, 0.1) is 40.5 Å². The summed E-state index contributed by atoms with van der Waals surface area (Å²) in [6.45, 7) is 14.5. The van der Waals surface area contributed by atoms with Crippen LogP contribution in [-0.4, -0.2) is 15.0 Å². The predicted octanol–water partition coefficient (Wildman–Crippen LogP) is 3.55. The first-order valence-electron chi connectivity index (χ1n) is 7.16. The average molecular weight is 297 g/mol. The zero-order valence-corrected chi connectivity index (χ0v) is 14.5. The molecular weight excluding hydrogens is 270 g/mol. The van der Waals surface area contributed by atoms with E-state index in [-0.39, 0.29) is 0 Å². The van der Waals surface area contributed by atoms with E-state index in [1.165, 1.54) is 5.56 Å². The molecule has 1 aromatic carbocycles. The first-order chi connectivity index (χ1) is 9.09. The van der Waals surface area contributed by atoms with Crippen LogP contribution in [0.5, 0.6) is 0 Å². The van der Waals surface area contributed by atoms with E-state index < -0.39 is 10.0 Å². The Kier molecular flexibility index (Phi) is 5.39. The molecule has 0 aliphatic rings. The molecule has 0 fully saturated rings. The molecule has 20 heavy (non-hydrogen) atoms. The maximum atomic E-state index is 12.6. The molecule has 1 N–H and O–H groups in total. The maximum absolute atomic E-state index is 12.6. The Bertz CT molecular complexity index is 572. The fraction of sp³-hybridized carbons (Fsp3) is 0.625. The highest BCUT2D eigenvalue weighted by Crippen LogP contribution is 2.29. The van der Waals surface area contributed by atoms with E-state index in [4.69, 9.17) is 0 Å². The fourth-order valence-corrected chi connectivity index (χ4v) is 4.07. The molecule has 0 aliphatic heterocycles. The van der Waals surface area contributed by atoms with Crippen LogP contribution < -0.4 is 4.72 Å². The number of benzene rings is 1. The van der Waals surface area contributed by atoms with Crippen LogP contribution in [0.2, 0.25) is 0 Å². The van der Waals surface area contributed by atoms with E-state index in [1.54, 1.807) is 0 Å². The highest BCUT2D eigenvalue weighted by atomic mass is 32.2. The van der Waals surface area contributed by atoms with Gasteiger partial charge in [0.2, 0.25) is 10.0 Å². The number of rotatable bonds is 5. The lowest BCUT2D eigenvalue weighted by molar-refractivity contribution is 0.550. The van der Waals surface area contributed by atoms with Gasteiger partial charge in [0.25, 0.3) is 0 Å². The molecule has 3 nitrogen and oxygen atoms in total. The fourth-order valence-electron chi connectivity index (χ4n) is 2.42. The lowest BCUT2D eigenvalue weighted by Gasteiger charge is -2.19. The highest BCUT2D eigenvalue weighted by Gasteiger charge is 2.23. The van der Waals surface area contributed by atoms with Crippen LogP contribution in [0.15, 0.2) is 4.90 Å². The van der Waals surface area contributed by atoms with Gasteiger partial charge in [-0.1, -0.05) is 13.8 Å². The standard InChI is InChI=1S/C16H27NO2S/c1-10(2)8-9-17-20(18,19)16-14(6)12(4)11(3)13(5)15(16)7/h10,17H,8-9H2,1-7H3. The zero-order valence-electron chi connectivity index (χ0n) is 13.7. The Morgan fingerprint density at radius 2 is 1.25 bits per heavy atom. The Morgan fingerprint density at radius 1 is 0.850 bits per heavy atom. The van der Waals surface area contributed by atoms with Gasteiger partial charge in [0, 0.05) is 6.54 Å². The summed E-state index contributed by atoms with van der Waals surface area (Å²) in [6.07, 6.45) is 0.848. The van der Waals surface area contributed by atoms with Gasteiger partial charge in [0.15, 0.2) is 0 Å². The monoisotopic (exact) mass is 297 g/mol. The Hall–Kier alpha value is -0.870. The molecule has 0 saturated carbocycles. The molecule has 1 rings (SSSR count). The predicted molar refractivity (Wildman–Crippen MR) is 84.8 cm³/mol. The van der Waals surface area contributed by atoms with E-state index >= 15 is 0 Å². The summed E-state index contributed by atoms with van der Waals surface area (Å²) in [6, 6.07) is 0. The summed E-state index contributed by atoms with van der Waals surface area (Å²) < 4.78 is 27.9. The van der Waals surface area contributed by atoms with Crippen molar-refractivity contribution in [3.63, 3.8) is 0 Å². The summed E-state index contributed by atoms with van der Waals surface area (Å²) in [5.74, 6) is 0.487. The Morgan fingerprint density at radius 3 is 1.65 bits per heavy atom. The van der Waals surface area contributed by atoms with Crippen molar-refractivity contribution in [1.82, 2.24) is 4.72 Å². The van der Waals surface area contributed by atoms with E-state index in [2.05, 4.69) is 18.6 Å². The Balaban J connectivity index is 3.26. The molecule has 0 amide bonds. The van der Waals surface area contributed by atoms with Gasteiger partial charge in [-0.3, -0.25) is 0 Å². The third-order valence-electron chi connectivity index (χ3n) is 4.21. The second kappa shape index (κ2) is 6.27. The van der Waals surface area contributed by atoms with E-state index in [1.807, 2.05) is 34.6 Å². The highest BCUT2D eigenvalue weighted by molar-refractivity contribution is 7.89. The zero-order chi connectivity index (χ0) is 15.7. The van der Waals surface area contributed by atoms with Crippen molar-refractivity contribution >= 4 is 10.0 Å². The minimum absolute atomic E-state index is 0.460. The maximum Gasteiger partial charge on any atom is 0.241 e. The second-order valence-electron chi connectivity index (χ2n) is 6.03. The lowest BCUT2D eigenvalue weighted by Crippen LogP contribution is -2.27. The van der Waals surface area contributed by atoms with E-state index in [9.17, 15) is 8.42 Å². The molecule has 4 heteroatoms. The molecule has 0 aliphatic carbocycles. The molecule has 0 radical (unpaired) electrons. The quantitative estimate of drug-likeness (QED) is 0.903. The van der Waals surface area contributed by atoms with Gasteiger partial charge in [0.1, 0.15) is 0 Å². The van der Waals surface area contributed by atoms with Crippen LogP contribution in [-0.2, 0) is 10.0 Å². The van der Waals surface area contributed by atoms with Gasteiger partial charge < -0.3 is 0 Å². The molecule has 0 bridgehead atoms. The first-order valence-corrected chi connectivity index (χ1v) is 8.64. The minimum Gasteiger partial charge on any atom is -0.211 e. The topological polar surface area (TPSA) is 46.2 Å². The molecule has 114 valence electrons. The summed E-state index contributed by atoms with van der Waals surface area (Å²) in [5.41, 5.74) is 5.04. The largest absolute Gasteiger partial charge is 0.241 e. The molecule has 0 atom stereocenters. The van der Waals surface area contributed by atoms with Crippen LogP contribution in [0.1, 0.15) is 48.1 Å². The second-order valence-corrected chi connectivity index (χ2v) is 7.74. The third kappa shape index (κ3) is 3.41. The van der Waals surface area contributed by atoms with Crippen molar-refractivity contribution in [3.8, 4) is 0 Å². The molecule has 1 aromatic rings. The lowest BCUT2D eigenvalue weighted by atomic mass is 9.95. The summed E-state index contributed by atoms with van der Waals surface area (Å²) >= 11 is 0. The summed E-state index contributed by atoms with van der Waals surface area (Å²) in [4.78, 5) is 0.460. The summed E-state index contributed by atoms with van der Waals surface area (Å²) in [5, 5.41) is 0. The van der Waals surface area contributed by atoms with E-state index in [0.29, 0.717) is 17.4 Å². The van der Waals surface area contributed by atoms with Crippen molar-refractivity contribution in [2.45, 2.75) is 59.8 Å². The van der Waals surface area contributed by atoms with Crippen LogP contribution in [0.4, 0.5) is 0 Å². The summed E-state index contributed by atoms with van der Waals surface area (Å²) in [7, 11) is -3.43. The number of hydrogen-bond donors (Lipinski definition) is 1. The van der Waals surface area contributed by atoms with Crippen molar-refractivity contribution in [1.29, 1.82) is 0 Å². The van der Waals surface area contributed by atoms with Crippen LogP contribution in [0.25, 0.3) is 0 Å². The SMILES string of the molecule is Cc1c(C)c(C)c(S(=O)(=O)NCCC(C)C)c(C)c1C. The van der Waals surface area contributed by atoms with Gasteiger partial charge in [-0.05, 0) is 74.8 Å². The van der Waals surface area contributed by atoms with Crippen LogP contribution in [0.3, 0.4) is 0 Å². The minimum atomic E-state index is -3.43. The average Bonchev–Trinajstić information content (AvgIpc) is 2.33. The molecule has 0 heterocycles. The van der Waals surface area contributed by atoms with Crippen molar-refractivity contribution in [3.05, 3.63) is 27.8 Å². The number of nitrogens with one attached hydrogen (secondary N) is 1. The van der Waals surface area contributed by atoms with Gasteiger partial charge in [0.05, 0.1) is 4.90 Å². The van der Waals surface area contributed by atoms with Crippen molar-refractivity contribution in [2.75, 3.05) is 6.54 Å². The van der Waals surface area contributed by atoms with Gasteiger partial charge in [-0.15, -0.1) is 0 Å². The van der Waals surface area contributed by atoms with Crippen molar-refractivity contribution in [2.24, 2.45) is 5.92 Å². The smallest absolute Gasteiger partial charge is 0.211 e. The molecular formula is C16H27NO2S. The normalized spacial score (nSPS) is 12.2. The first kappa shape index (κ1) is 17.2. The van der Waals surface area contributed by atoms with Gasteiger partial charge in [-0.25, -0.2) is 13.1 Å². The third-order valence-corrected chi connectivity index (χ3v) is 5.95. The molecule has 0 spiro atoms. The number of hydrogen-bond acceptors (Lipinski definition) is 2. The molecule has 0 aromatic heterocycles. The van der Waals surface area contributed by atoms with Gasteiger partial charge in [-0.2, -0.15) is 0 Å². The van der Waals surface area contributed by atoms with E-state index in [0.717, 1.165) is 28.7 Å². The molecule has 0 saturated heterocycles. The van der Waals surface area contributed by atoms with Gasteiger partial charge >= 0.3 is 0 Å². The number of sulfonamides is 1.